The summed E-state index contributed by atoms with van der Waals surface area (Å²) in [6.45, 7) is 0. The summed E-state index contributed by atoms with van der Waals surface area (Å²) in [5, 5.41) is 0.707. The Morgan fingerprint density at radius 2 is 1.90 bits per heavy atom. The molecule has 1 aliphatic carbocycles. The minimum Gasteiger partial charge on any atom is -0.176 e. The van der Waals surface area contributed by atoms with Crippen LogP contribution in [0.1, 0.15) is 25.7 Å². The van der Waals surface area contributed by atoms with Crippen LogP contribution in [-0.4, -0.2) is 17.3 Å². The van der Waals surface area contributed by atoms with Crippen LogP contribution in [-0.2, 0) is 0 Å². The second-order valence-electron chi connectivity index (χ2n) is 3.13. The lowest BCUT2D eigenvalue weighted by Crippen LogP contribution is -2.15. The predicted octanol–water partition coefficient (Wildman–Crippen LogP) is 2.84. The molecule has 0 aromatic rings. The molecule has 1 saturated carbocycles. The normalized spacial score (nSPS) is 34.2. The summed E-state index contributed by atoms with van der Waals surface area (Å²) in [5.41, 5.74) is 0. The SMILES string of the molecule is CSCC1CCC(S)CC1. The third kappa shape index (κ3) is 2.75. The largest absolute Gasteiger partial charge is 0.176 e. The molecule has 0 nitrogen and oxygen atoms in total. The minimum atomic E-state index is 0.707. The Hall–Kier alpha value is 0.700. The van der Waals surface area contributed by atoms with E-state index in [1.54, 1.807) is 0 Å². The van der Waals surface area contributed by atoms with E-state index in [0.717, 1.165) is 5.92 Å². The smallest absolute Gasteiger partial charge is 0.00170 e. The number of hydrogen-bond acceptors (Lipinski definition) is 2. The van der Waals surface area contributed by atoms with Gasteiger partial charge in [-0.1, -0.05) is 0 Å². The van der Waals surface area contributed by atoms with Crippen LogP contribution < -0.4 is 0 Å². The van der Waals surface area contributed by atoms with E-state index in [9.17, 15) is 0 Å². The van der Waals surface area contributed by atoms with Gasteiger partial charge in [0.1, 0.15) is 0 Å². The van der Waals surface area contributed by atoms with Gasteiger partial charge in [0.25, 0.3) is 0 Å². The van der Waals surface area contributed by atoms with E-state index in [1.807, 2.05) is 11.8 Å². The molecule has 0 radical (unpaired) electrons. The number of thiol groups is 1. The lowest BCUT2D eigenvalue weighted by Gasteiger charge is -2.24. The first-order valence-corrected chi connectivity index (χ1v) is 5.91. The summed E-state index contributed by atoms with van der Waals surface area (Å²) in [5.74, 6) is 2.36. The molecule has 0 bridgehead atoms. The van der Waals surface area contributed by atoms with Gasteiger partial charge in [-0.2, -0.15) is 24.4 Å². The van der Waals surface area contributed by atoms with Crippen LogP contribution in [0, 0.1) is 5.92 Å². The van der Waals surface area contributed by atoms with Crippen molar-refractivity contribution >= 4 is 24.4 Å². The Morgan fingerprint density at radius 3 is 2.40 bits per heavy atom. The first-order valence-electron chi connectivity index (χ1n) is 4.00. The fraction of sp³-hybridized carbons (Fsp3) is 1.00. The van der Waals surface area contributed by atoms with E-state index in [4.69, 9.17) is 0 Å². The molecule has 0 aliphatic heterocycles. The molecule has 0 aromatic carbocycles. The van der Waals surface area contributed by atoms with Crippen molar-refractivity contribution in [3.63, 3.8) is 0 Å². The van der Waals surface area contributed by atoms with Crippen molar-refractivity contribution in [3.05, 3.63) is 0 Å². The lowest BCUT2D eigenvalue weighted by molar-refractivity contribution is 0.400. The first-order chi connectivity index (χ1) is 4.83. The summed E-state index contributed by atoms with van der Waals surface area (Å²) < 4.78 is 0. The Kier molecular flexibility index (Phi) is 4.00. The van der Waals surface area contributed by atoms with Crippen LogP contribution in [0.15, 0.2) is 0 Å². The van der Waals surface area contributed by atoms with E-state index in [0.29, 0.717) is 5.25 Å². The molecule has 10 heavy (non-hydrogen) atoms. The van der Waals surface area contributed by atoms with E-state index in [2.05, 4.69) is 18.9 Å². The maximum atomic E-state index is 4.46. The molecule has 0 amide bonds. The van der Waals surface area contributed by atoms with Gasteiger partial charge in [-0.25, -0.2) is 0 Å². The van der Waals surface area contributed by atoms with Crippen molar-refractivity contribution in [2.24, 2.45) is 5.92 Å². The zero-order valence-electron chi connectivity index (χ0n) is 6.55. The average Bonchev–Trinajstić information content (AvgIpc) is 1.95. The summed E-state index contributed by atoms with van der Waals surface area (Å²) in [6, 6.07) is 0. The molecule has 0 atom stereocenters. The van der Waals surface area contributed by atoms with Gasteiger partial charge in [0.05, 0.1) is 0 Å². The molecule has 0 unspecified atom stereocenters. The van der Waals surface area contributed by atoms with E-state index in [-0.39, 0.29) is 0 Å². The molecule has 1 rings (SSSR count). The molecule has 2 heteroatoms. The van der Waals surface area contributed by atoms with Crippen molar-refractivity contribution in [2.75, 3.05) is 12.0 Å². The molecule has 0 saturated heterocycles. The quantitative estimate of drug-likeness (QED) is 0.631. The van der Waals surface area contributed by atoms with Gasteiger partial charge in [0, 0.05) is 5.25 Å². The minimum absolute atomic E-state index is 0.707. The van der Waals surface area contributed by atoms with Gasteiger partial charge in [-0.3, -0.25) is 0 Å². The van der Waals surface area contributed by atoms with Crippen LogP contribution >= 0.6 is 24.4 Å². The summed E-state index contributed by atoms with van der Waals surface area (Å²) in [7, 11) is 0. The molecule has 1 aliphatic rings. The van der Waals surface area contributed by atoms with Crippen LogP contribution in [0.2, 0.25) is 0 Å². The Labute approximate surface area is 73.6 Å². The van der Waals surface area contributed by atoms with Gasteiger partial charge in [-0.05, 0) is 43.6 Å². The summed E-state index contributed by atoms with van der Waals surface area (Å²) in [6.07, 6.45) is 7.71. The summed E-state index contributed by atoms with van der Waals surface area (Å²) in [4.78, 5) is 0. The lowest BCUT2D eigenvalue weighted by atomic mass is 9.90. The maximum Gasteiger partial charge on any atom is 0.00170 e. The van der Waals surface area contributed by atoms with Gasteiger partial charge < -0.3 is 0 Å². The highest BCUT2D eigenvalue weighted by molar-refractivity contribution is 7.98. The molecule has 0 spiro atoms. The van der Waals surface area contributed by atoms with Crippen LogP contribution in [0.5, 0.6) is 0 Å². The Bertz CT molecular complexity index is 85.3. The fourth-order valence-electron chi connectivity index (χ4n) is 1.55. The third-order valence-electron chi connectivity index (χ3n) is 2.22. The highest BCUT2D eigenvalue weighted by Crippen LogP contribution is 2.28. The maximum absolute atomic E-state index is 4.46. The molecular weight excluding hydrogens is 160 g/mol. The number of rotatable bonds is 2. The average molecular weight is 176 g/mol. The highest BCUT2D eigenvalue weighted by atomic mass is 32.2. The highest BCUT2D eigenvalue weighted by Gasteiger charge is 2.17. The van der Waals surface area contributed by atoms with E-state index in [1.165, 1.54) is 31.4 Å². The van der Waals surface area contributed by atoms with Crippen molar-refractivity contribution in [1.29, 1.82) is 0 Å². The summed E-state index contributed by atoms with van der Waals surface area (Å²) >= 11 is 6.45. The zero-order valence-corrected chi connectivity index (χ0v) is 8.26. The van der Waals surface area contributed by atoms with Crippen molar-refractivity contribution in [3.8, 4) is 0 Å². The van der Waals surface area contributed by atoms with Gasteiger partial charge >= 0.3 is 0 Å². The number of hydrogen-bond donors (Lipinski definition) is 1. The first kappa shape index (κ1) is 8.79. The standard InChI is InChI=1S/C8H16S2/c1-10-6-7-2-4-8(9)5-3-7/h7-9H,2-6H2,1H3. The van der Waals surface area contributed by atoms with Crippen molar-refractivity contribution in [1.82, 2.24) is 0 Å². The van der Waals surface area contributed by atoms with Crippen molar-refractivity contribution in [2.45, 2.75) is 30.9 Å². The number of thioether (sulfide) groups is 1. The Morgan fingerprint density at radius 1 is 1.30 bits per heavy atom. The molecular formula is C8H16S2. The molecule has 1 fully saturated rings. The zero-order chi connectivity index (χ0) is 7.40. The topological polar surface area (TPSA) is 0 Å². The second-order valence-corrected chi connectivity index (χ2v) is 4.77. The third-order valence-corrected chi connectivity index (χ3v) is 3.54. The van der Waals surface area contributed by atoms with Crippen LogP contribution in [0.25, 0.3) is 0 Å². The molecule has 0 aromatic heterocycles. The predicted molar refractivity (Wildman–Crippen MR) is 53.1 cm³/mol. The van der Waals surface area contributed by atoms with Gasteiger partial charge in [0.2, 0.25) is 0 Å². The molecule has 0 N–H and O–H groups in total. The second kappa shape index (κ2) is 4.55. The molecule has 60 valence electrons. The van der Waals surface area contributed by atoms with Crippen LogP contribution in [0.3, 0.4) is 0 Å². The molecule has 0 heterocycles. The van der Waals surface area contributed by atoms with Gasteiger partial charge in [-0.15, -0.1) is 0 Å². The van der Waals surface area contributed by atoms with E-state index < -0.39 is 0 Å². The Balaban J connectivity index is 2.13. The van der Waals surface area contributed by atoms with Crippen molar-refractivity contribution < 1.29 is 0 Å². The van der Waals surface area contributed by atoms with Crippen LogP contribution in [0.4, 0.5) is 0 Å². The fourth-order valence-corrected chi connectivity index (χ4v) is 2.65. The monoisotopic (exact) mass is 176 g/mol. The van der Waals surface area contributed by atoms with Gasteiger partial charge in [0.15, 0.2) is 0 Å². The van der Waals surface area contributed by atoms with E-state index >= 15 is 0 Å².